The number of halogens is 2. The summed E-state index contributed by atoms with van der Waals surface area (Å²) in [7, 11) is 1.83. The topological polar surface area (TPSA) is 94.8 Å². The number of aryl methyl sites for hydroxylation is 2. The Labute approximate surface area is 223 Å². The van der Waals surface area contributed by atoms with Crippen LogP contribution in [-0.4, -0.2) is 30.6 Å². The molecule has 0 saturated carbocycles. The quantitative estimate of drug-likeness (QED) is 0.294. The molecule has 1 N–H and O–H groups in total. The molecule has 2 aromatic carbocycles. The molecule has 0 saturated heterocycles. The molecule has 0 radical (unpaired) electrons. The van der Waals surface area contributed by atoms with Gasteiger partial charge in [0.25, 0.3) is 5.91 Å². The molecule has 0 aliphatic carbocycles. The third kappa shape index (κ3) is 5.05. The normalized spacial score (nSPS) is 11.9. The molecule has 5 rings (SSSR count). The number of nitrogens with zero attached hydrogens (tertiary/aromatic N) is 5. The largest absolute Gasteiger partial charge is 0.487 e. The van der Waals surface area contributed by atoms with Crippen LogP contribution in [0.2, 0.25) is 5.02 Å². The molecule has 1 atom stereocenters. The number of fused-ring (bicyclic) bond motifs is 1. The maximum atomic E-state index is 14.4. The molecule has 10 heteroatoms. The molecule has 38 heavy (non-hydrogen) atoms. The molecule has 8 nitrogen and oxygen atoms in total. The lowest BCUT2D eigenvalue weighted by molar-refractivity contribution is 0.0934. The van der Waals surface area contributed by atoms with Crippen LogP contribution >= 0.6 is 11.6 Å². The van der Waals surface area contributed by atoms with Gasteiger partial charge in [-0.25, -0.2) is 19.0 Å². The summed E-state index contributed by atoms with van der Waals surface area (Å²) in [6.07, 6.45) is 3.04. The Hall–Kier alpha value is -4.37. The van der Waals surface area contributed by atoms with Crippen LogP contribution < -0.4 is 10.1 Å². The lowest BCUT2D eigenvalue weighted by atomic mass is 10.0. The van der Waals surface area contributed by atoms with E-state index in [9.17, 15) is 9.18 Å². The van der Waals surface area contributed by atoms with Crippen molar-refractivity contribution in [1.29, 1.82) is 0 Å². The van der Waals surface area contributed by atoms with Gasteiger partial charge in [-0.1, -0.05) is 29.8 Å². The van der Waals surface area contributed by atoms with Gasteiger partial charge in [-0.05, 0) is 55.8 Å². The number of pyridine rings is 2. The van der Waals surface area contributed by atoms with Crippen molar-refractivity contribution in [3.8, 4) is 17.1 Å². The number of aromatic nitrogens is 5. The van der Waals surface area contributed by atoms with Gasteiger partial charge in [0.2, 0.25) is 0 Å². The summed E-state index contributed by atoms with van der Waals surface area (Å²) < 4.78 is 22.3. The Bertz CT molecular complexity index is 1640. The Morgan fingerprint density at radius 3 is 2.74 bits per heavy atom. The van der Waals surface area contributed by atoms with E-state index in [-0.39, 0.29) is 23.2 Å². The summed E-state index contributed by atoms with van der Waals surface area (Å²) in [6, 6.07) is 14.7. The van der Waals surface area contributed by atoms with Gasteiger partial charge >= 0.3 is 0 Å². The second-order valence-corrected chi connectivity index (χ2v) is 9.23. The third-order valence-electron chi connectivity index (χ3n) is 6.16. The van der Waals surface area contributed by atoms with Crippen molar-refractivity contribution in [2.75, 3.05) is 0 Å². The van der Waals surface area contributed by atoms with Gasteiger partial charge in [-0.2, -0.15) is 5.10 Å². The van der Waals surface area contributed by atoms with Crippen LogP contribution in [0.3, 0.4) is 0 Å². The number of hydrogen-bond acceptors (Lipinski definition) is 6. The Morgan fingerprint density at radius 1 is 1.16 bits per heavy atom. The molecule has 0 aliphatic heterocycles. The zero-order chi connectivity index (χ0) is 26.8. The van der Waals surface area contributed by atoms with E-state index in [2.05, 4.69) is 20.4 Å². The summed E-state index contributed by atoms with van der Waals surface area (Å²) in [6.45, 7) is 3.69. The van der Waals surface area contributed by atoms with Crippen LogP contribution in [0.5, 0.6) is 5.75 Å². The number of para-hydroxylation sites is 1. The first-order valence-electron chi connectivity index (χ1n) is 11.9. The zero-order valence-electron chi connectivity index (χ0n) is 20.9. The van der Waals surface area contributed by atoms with Crippen LogP contribution in [0.25, 0.3) is 22.3 Å². The Morgan fingerprint density at radius 2 is 2.00 bits per heavy atom. The Balaban J connectivity index is 1.47. The van der Waals surface area contributed by atoms with Crippen LogP contribution in [0.15, 0.2) is 67.1 Å². The van der Waals surface area contributed by atoms with E-state index in [0.29, 0.717) is 28.2 Å². The van der Waals surface area contributed by atoms with Crippen molar-refractivity contribution < 1.29 is 13.9 Å². The molecule has 1 amide bonds. The first kappa shape index (κ1) is 25.3. The lowest BCUT2D eigenvalue weighted by Crippen LogP contribution is -2.28. The van der Waals surface area contributed by atoms with Gasteiger partial charge in [0.05, 0.1) is 11.1 Å². The van der Waals surface area contributed by atoms with Crippen molar-refractivity contribution in [1.82, 2.24) is 30.0 Å². The molecule has 0 bridgehead atoms. The van der Waals surface area contributed by atoms with Crippen molar-refractivity contribution in [2.45, 2.75) is 26.5 Å². The number of carbonyl (C=O) groups is 1. The van der Waals surface area contributed by atoms with E-state index in [1.54, 1.807) is 29.8 Å². The van der Waals surface area contributed by atoms with Crippen molar-refractivity contribution in [3.05, 3.63) is 100 Å². The monoisotopic (exact) mass is 530 g/mol. The van der Waals surface area contributed by atoms with E-state index in [0.717, 1.165) is 16.6 Å². The number of ether oxygens (including phenoxy) is 1. The highest BCUT2D eigenvalue weighted by Crippen LogP contribution is 2.34. The van der Waals surface area contributed by atoms with Crippen molar-refractivity contribution >= 4 is 28.4 Å². The van der Waals surface area contributed by atoms with Crippen molar-refractivity contribution in [2.24, 2.45) is 7.05 Å². The minimum atomic E-state index is -0.563. The number of hydrogen-bond donors (Lipinski definition) is 1. The second kappa shape index (κ2) is 10.5. The van der Waals surface area contributed by atoms with Gasteiger partial charge in [0.1, 0.15) is 35.7 Å². The van der Waals surface area contributed by atoms with E-state index in [1.807, 2.05) is 38.2 Å². The average molecular weight is 531 g/mol. The van der Waals surface area contributed by atoms with Gasteiger partial charge in [0.15, 0.2) is 5.82 Å². The second-order valence-electron chi connectivity index (χ2n) is 8.82. The van der Waals surface area contributed by atoms with Gasteiger partial charge in [-0.3, -0.25) is 9.78 Å². The van der Waals surface area contributed by atoms with Gasteiger partial charge < -0.3 is 10.1 Å². The van der Waals surface area contributed by atoms with Crippen LogP contribution in [0, 0.1) is 12.7 Å². The highest BCUT2D eigenvalue weighted by atomic mass is 35.5. The molecular formula is C28H24ClFN6O2. The third-order valence-corrected chi connectivity index (χ3v) is 6.50. The predicted molar refractivity (Wildman–Crippen MR) is 142 cm³/mol. The summed E-state index contributed by atoms with van der Waals surface area (Å²) in [5.74, 6) is 0.351. The van der Waals surface area contributed by atoms with E-state index in [1.165, 1.54) is 24.7 Å². The summed E-state index contributed by atoms with van der Waals surface area (Å²) in [5.41, 5.74) is 3.64. The van der Waals surface area contributed by atoms with E-state index in [4.69, 9.17) is 21.3 Å². The highest BCUT2D eigenvalue weighted by Gasteiger charge is 2.20. The number of rotatable bonds is 7. The molecule has 192 valence electrons. The van der Waals surface area contributed by atoms with Crippen LogP contribution in [-0.2, 0) is 13.7 Å². The molecule has 3 heterocycles. The van der Waals surface area contributed by atoms with Crippen LogP contribution in [0.4, 0.5) is 4.39 Å². The SMILES string of the molecule is Cc1cc(-c2ncnn2C)c2cccc(OCc3c(Cl)cc(F)cc3[C@H](C)NC(=O)c3ccccn3)c2n1. The maximum Gasteiger partial charge on any atom is 0.270 e. The highest BCUT2D eigenvalue weighted by molar-refractivity contribution is 6.31. The summed E-state index contributed by atoms with van der Waals surface area (Å²) in [4.78, 5) is 25.8. The number of amides is 1. The fourth-order valence-electron chi connectivity index (χ4n) is 4.35. The fraction of sp³-hybridized carbons (Fsp3) is 0.179. The molecule has 0 aliphatic rings. The smallest absolute Gasteiger partial charge is 0.270 e. The van der Waals surface area contributed by atoms with Gasteiger partial charge in [-0.15, -0.1) is 0 Å². The number of benzene rings is 2. The minimum absolute atomic E-state index is 0.0340. The first-order valence-corrected chi connectivity index (χ1v) is 12.3. The molecule has 5 aromatic rings. The van der Waals surface area contributed by atoms with E-state index >= 15 is 0 Å². The number of carbonyl (C=O) groups excluding carboxylic acids is 1. The summed E-state index contributed by atoms with van der Waals surface area (Å²) in [5, 5.41) is 8.10. The number of nitrogens with one attached hydrogen (secondary N) is 1. The van der Waals surface area contributed by atoms with Gasteiger partial charge in [0, 0.05) is 35.5 Å². The van der Waals surface area contributed by atoms with Crippen LogP contribution in [0.1, 0.15) is 40.3 Å². The van der Waals surface area contributed by atoms with E-state index < -0.39 is 11.9 Å². The first-order chi connectivity index (χ1) is 18.3. The van der Waals surface area contributed by atoms with Crippen molar-refractivity contribution in [3.63, 3.8) is 0 Å². The molecule has 0 unspecified atom stereocenters. The lowest BCUT2D eigenvalue weighted by Gasteiger charge is -2.20. The molecule has 3 aromatic heterocycles. The Kier molecular flexibility index (Phi) is 7.02. The molecular weight excluding hydrogens is 507 g/mol. The molecule has 0 spiro atoms. The standard InChI is InChI=1S/C28H24ClFN6O2/c1-16-11-21(27-32-15-33-36(27)3)19-7-6-9-25(26(19)34-16)38-14-22-20(12-18(30)13-23(22)29)17(2)35-28(37)24-8-4-5-10-31-24/h4-13,15,17H,14H2,1-3H3,(H,35,37)/t17-/m0/s1. The average Bonchev–Trinajstić information content (AvgIpc) is 3.33. The zero-order valence-corrected chi connectivity index (χ0v) is 21.7. The summed E-state index contributed by atoms with van der Waals surface area (Å²) >= 11 is 6.47. The maximum absolute atomic E-state index is 14.4. The molecule has 0 fully saturated rings. The fourth-order valence-corrected chi connectivity index (χ4v) is 4.62. The predicted octanol–water partition coefficient (Wildman–Crippen LogP) is 5.60. The minimum Gasteiger partial charge on any atom is -0.487 e.